The van der Waals surface area contributed by atoms with Crippen LogP contribution in [0.1, 0.15) is 12.5 Å². The number of hydrogen-bond donors (Lipinski definition) is 2. The summed E-state index contributed by atoms with van der Waals surface area (Å²) >= 11 is 0. The summed E-state index contributed by atoms with van der Waals surface area (Å²) in [6.45, 7) is 2.67. The summed E-state index contributed by atoms with van der Waals surface area (Å²) in [5.41, 5.74) is 7.40. The lowest BCUT2D eigenvalue weighted by Gasteiger charge is -2.10. The standard InChI is InChI=1S/C13H17N5O/c1-10(6-14)13(19)16-7-11-2-4-12(5-3-11)18-9-15-8-17-18/h2-5,8-10H,6-7,14H2,1H3,(H,16,19). The Morgan fingerprint density at radius 1 is 1.42 bits per heavy atom. The van der Waals surface area contributed by atoms with Crippen molar-refractivity contribution in [2.45, 2.75) is 13.5 Å². The molecule has 0 saturated heterocycles. The highest BCUT2D eigenvalue weighted by molar-refractivity contribution is 5.78. The maximum absolute atomic E-state index is 11.6. The average molecular weight is 259 g/mol. The Hall–Kier alpha value is -2.21. The molecule has 6 nitrogen and oxygen atoms in total. The SMILES string of the molecule is CC(CN)C(=O)NCc1ccc(-n2cncn2)cc1. The van der Waals surface area contributed by atoms with Gasteiger partial charge >= 0.3 is 0 Å². The zero-order valence-electron chi connectivity index (χ0n) is 10.8. The van der Waals surface area contributed by atoms with E-state index in [1.165, 1.54) is 6.33 Å². The van der Waals surface area contributed by atoms with Crippen LogP contribution in [0.4, 0.5) is 0 Å². The number of benzene rings is 1. The smallest absolute Gasteiger partial charge is 0.224 e. The van der Waals surface area contributed by atoms with Crippen LogP contribution in [0.2, 0.25) is 0 Å². The number of aromatic nitrogens is 3. The molecule has 1 unspecified atom stereocenters. The van der Waals surface area contributed by atoms with Crippen LogP contribution in [0.3, 0.4) is 0 Å². The minimum atomic E-state index is -0.158. The Bertz CT molecular complexity index is 520. The molecule has 6 heteroatoms. The van der Waals surface area contributed by atoms with Gasteiger partial charge in [-0.15, -0.1) is 0 Å². The number of rotatable bonds is 5. The molecule has 1 amide bonds. The van der Waals surface area contributed by atoms with Crippen molar-refractivity contribution in [2.24, 2.45) is 11.7 Å². The highest BCUT2D eigenvalue weighted by Gasteiger charge is 2.09. The Morgan fingerprint density at radius 3 is 2.74 bits per heavy atom. The zero-order chi connectivity index (χ0) is 13.7. The van der Waals surface area contributed by atoms with Gasteiger partial charge in [-0.05, 0) is 17.7 Å². The second-order valence-electron chi connectivity index (χ2n) is 4.36. The molecule has 0 fully saturated rings. The van der Waals surface area contributed by atoms with E-state index in [0.717, 1.165) is 11.3 Å². The van der Waals surface area contributed by atoms with Crippen molar-refractivity contribution in [1.82, 2.24) is 20.1 Å². The van der Waals surface area contributed by atoms with Crippen LogP contribution in [0.25, 0.3) is 5.69 Å². The molecule has 2 aromatic rings. The third kappa shape index (κ3) is 3.38. The first kappa shape index (κ1) is 13.2. The quantitative estimate of drug-likeness (QED) is 0.817. The van der Waals surface area contributed by atoms with Crippen LogP contribution in [-0.4, -0.2) is 27.2 Å². The van der Waals surface area contributed by atoms with E-state index in [1.807, 2.05) is 31.2 Å². The van der Waals surface area contributed by atoms with E-state index in [2.05, 4.69) is 15.4 Å². The normalized spacial score (nSPS) is 12.1. The second-order valence-corrected chi connectivity index (χ2v) is 4.36. The van der Waals surface area contributed by atoms with Gasteiger partial charge in [0.25, 0.3) is 0 Å². The van der Waals surface area contributed by atoms with Gasteiger partial charge in [0.05, 0.1) is 5.69 Å². The summed E-state index contributed by atoms with van der Waals surface area (Å²) in [5, 5.41) is 6.90. The number of nitrogens with one attached hydrogen (secondary N) is 1. The van der Waals surface area contributed by atoms with Gasteiger partial charge in [0, 0.05) is 19.0 Å². The van der Waals surface area contributed by atoms with Crippen molar-refractivity contribution in [1.29, 1.82) is 0 Å². The molecule has 1 aromatic heterocycles. The molecule has 1 heterocycles. The van der Waals surface area contributed by atoms with Crippen molar-refractivity contribution in [2.75, 3.05) is 6.54 Å². The summed E-state index contributed by atoms with van der Waals surface area (Å²) < 4.78 is 1.68. The molecule has 0 bridgehead atoms. The van der Waals surface area contributed by atoms with E-state index >= 15 is 0 Å². The van der Waals surface area contributed by atoms with Crippen LogP contribution < -0.4 is 11.1 Å². The summed E-state index contributed by atoms with van der Waals surface area (Å²) in [5.74, 6) is -0.183. The van der Waals surface area contributed by atoms with Gasteiger partial charge in [0.1, 0.15) is 12.7 Å². The largest absolute Gasteiger partial charge is 0.352 e. The first-order valence-corrected chi connectivity index (χ1v) is 6.12. The van der Waals surface area contributed by atoms with Crippen LogP contribution in [0, 0.1) is 5.92 Å². The minimum absolute atomic E-state index is 0.0251. The van der Waals surface area contributed by atoms with Crippen molar-refractivity contribution < 1.29 is 4.79 Å². The summed E-state index contributed by atoms with van der Waals surface area (Å²) in [4.78, 5) is 15.5. The lowest BCUT2D eigenvalue weighted by Crippen LogP contribution is -2.32. The van der Waals surface area contributed by atoms with E-state index in [0.29, 0.717) is 13.1 Å². The molecule has 19 heavy (non-hydrogen) atoms. The average Bonchev–Trinajstić information content (AvgIpc) is 2.98. The van der Waals surface area contributed by atoms with E-state index < -0.39 is 0 Å². The molecule has 3 N–H and O–H groups in total. The molecule has 0 aliphatic carbocycles. The van der Waals surface area contributed by atoms with Gasteiger partial charge in [0.2, 0.25) is 5.91 Å². The van der Waals surface area contributed by atoms with E-state index in [-0.39, 0.29) is 11.8 Å². The first-order valence-electron chi connectivity index (χ1n) is 6.12. The molecule has 0 aliphatic rings. The number of carbonyl (C=O) groups is 1. The number of nitrogens with zero attached hydrogens (tertiary/aromatic N) is 3. The molecule has 0 aliphatic heterocycles. The summed E-state index contributed by atoms with van der Waals surface area (Å²) in [6.07, 6.45) is 3.13. The Kier molecular flexibility index (Phi) is 4.25. The number of hydrogen-bond acceptors (Lipinski definition) is 4. The summed E-state index contributed by atoms with van der Waals surface area (Å²) in [7, 11) is 0. The molecule has 0 spiro atoms. The second kappa shape index (κ2) is 6.10. The predicted molar refractivity (Wildman–Crippen MR) is 71.4 cm³/mol. The minimum Gasteiger partial charge on any atom is -0.352 e. The highest BCUT2D eigenvalue weighted by Crippen LogP contribution is 2.08. The van der Waals surface area contributed by atoms with Crippen molar-refractivity contribution >= 4 is 5.91 Å². The Morgan fingerprint density at radius 2 is 2.16 bits per heavy atom. The third-order valence-corrected chi connectivity index (χ3v) is 2.89. The van der Waals surface area contributed by atoms with E-state index in [4.69, 9.17) is 5.73 Å². The van der Waals surface area contributed by atoms with Gasteiger partial charge < -0.3 is 11.1 Å². The van der Waals surface area contributed by atoms with Crippen LogP contribution in [0.5, 0.6) is 0 Å². The van der Waals surface area contributed by atoms with E-state index in [1.54, 1.807) is 11.0 Å². The highest BCUT2D eigenvalue weighted by atomic mass is 16.1. The maximum atomic E-state index is 11.6. The number of carbonyl (C=O) groups excluding carboxylic acids is 1. The lowest BCUT2D eigenvalue weighted by molar-refractivity contribution is -0.124. The molecular weight excluding hydrogens is 242 g/mol. The fraction of sp³-hybridized carbons (Fsp3) is 0.308. The summed E-state index contributed by atoms with van der Waals surface area (Å²) in [6, 6.07) is 7.76. The van der Waals surface area contributed by atoms with E-state index in [9.17, 15) is 4.79 Å². The molecule has 1 aromatic carbocycles. The molecule has 0 radical (unpaired) electrons. The zero-order valence-corrected chi connectivity index (χ0v) is 10.8. The molecule has 0 saturated carbocycles. The molecule has 1 atom stereocenters. The third-order valence-electron chi connectivity index (χ3n) is 2.89. The van der Waals surface area contributed by atoms with Gasteiger partial charge in [-0.25, -0.2) is 9.67 Å². The number of nitrogens with two attached hydrogens (primary N) is 1. The van der Waals surface area contributed by atoms with Gasteiger partial charge in [-0.3, -0.25) is 4.79 Å². The lowest BCUT2D eigenvalue weighted by atomic mass is 10.1. The first-order chi connectivity index (χ1) is 9.20. The van der Waals surface area contributed by atoms with Crippen molar-refractivity contribution in [3.63, 3.8) is 0 Å². The van der Waals surface area contributed by atoms with Crippen molar-refractivity contribution in [3.8, 4) is 5.69 Å². The van der Waals surface area contributed by atoms with Crippen LogP contribution in [0.15, 0.2) is 36.9 Å². The predicted octanol–water partition coefficient (Wildman–Crippen LogP) is 0.478. The monoisotopic (exact) mass is 259 g/mol. The Balaban J connectivity index is 1.94. The molecular formula is C13H17N5O. The molecule has 2 rings (SSSR count). The van der Waals surface area contributed by atoms with Crippen LogP contribution >= 0.6 is 0 Å². The topological polar surface area (TPSA) is 85.8 Å². The molecule has 100 valence electrons. The fourth-order valence-corrected chi connectivity index (χ4v) is 1.58. The van der Waals surface area contributed by atoms with Gasteiger partial charge in [-0.2, -0.15) is 5.10 Å². The maximum Gasteiger partial charge on any atom is 0.224 e. The van der Waals surface area contributed by atoms with Gasteiger partial charge in [0.15, 0.2) is 0 Å². The van der Waals surface area contributed by atoms with Gasteiger partial charge in [-0.1, -0.05) is 19.1 Å². The van der Waals surface area contributed by atoms with Crippen molar-refractivity contribution in [3.05, 3.63) is 42.5 Å². The fourth-order valence-electron chi connectivity index (χ4n) is 1.58. The Labute approximate surface area is 111 Å². The number of amides is 1. The van der Waals surface area contributed by atoms with Crippen LogP contribution in [-0.2, 0) is 11.3 Å².